The predicted octanol–water partition coefficient (Wildman–Crippen LogP) is 1.10. The highest BCUT2D eigenvalue weighted by Gasteiger charge is 2.34. The molecule has 1 heterocycles. The van der Waals surface area contributed by atoms with Crippen LogP contribution in [0.2, 0.25) is 0 Å². The van der Waals surface area contributed by atoms with Gasteiger partial charge in [-0.15, -0.1) is 0 Å². The van der Waals surface area contributed by atoms with Crippen molar-refractivity contribution >= 4 is 43.5 Å². The third kappa shape index (κ3) is 3.65. The second kappa shape index (κ2) is 5.98. The normalized spacial score (nSPS) is 18.8. The predicted molar refractivity (Wildman–Crippen MR) is 84.3 cm³/mol. The molecule has 9 heteroatoms. The van der Waals surface area contributed by atoms with Gasteiger partial charge in [-0.05, 0) is 40.5 Å². The first-order chi connectivity index (χ1) is 10.1. The van der Waals surface area contributed by atoms with Gasteiger partial charge in [-0.3, -0.25) is 4.79 Å². The fraction of sp³-hybridized carbons (Fsp3) is 0.385. The summed E-state index contributed by atoms with van der Waals surface area (Å²) in [5.41, 5.74) is 1.24. The van der Waals surface area contributed by atoms with E-state index in [2.05, 4.69) is 15.9 Å². The van der Waals surface area contributed by atoms with Crippen molar-refractivity contribution in [2.75, 3.05) is 17.2 Å². The summed E-state index contributed by atoms with van der Waals surface area (Å²) < 4.78 is 22.7. The van der Waals surface area contributed by atoms with Gasteiger partial charge in [0.05, 0.1) is 11.3 Å². The van der Waals surface area contributed by atoms with Crippen molar-refractivity contribution in [3.05, 3.63) is 27.7 Å². The third-order valence-electron chi connectivity index (χ3n) is 3.48. The molecule has 120 valence electrons. The zero-order chi connectivity index (χ0) is 16.7. The topological polar surface area (TPSA) is 118 Å². The number of aryl methyl sites for hydroxylation is 1. The van der Waals surface area contributed by atoms with Crippen LogP contribution in [0.4, 0.5) is 5.69 Å². The molecule has 1 unspecified atom stereocenters. The molecule has 1 atom stereocenters. The van der Waals surface area contributed by atoms with Crippen LogP contribution in [-0.2, 0) is 14.8 Å². The van der Waals surface area contributed by atoms with Crippen LogP contribution in [0.1, 0.15) is 22.3 Å². The molecule has 1 aliphatic heterocycles. The van der Waals surface area contributed by atoms with Crippen molar-refractivity contribution in [1.82, 2.24) is 0 Å². The maximum Gasteiger partial charge on any atom is 0.336 e. The van der Waals surface area contributed by atoms with E-state index >= 15 is 0 Å². The minimum atomic E-state index is -3.66. The Hall–Kier alpha value is -1.45. The van der Waals surface area contributed by atoms with Crippen molar-refractivity contribution < 1.29 is 23.1 Å². The van der Waals surface area contributed by atoms with E-state index in [1.807, 2.05) is 0 Å². The Labute approximate surface area is 136 Å². The van der Waals surface area contributed by atoms with Crippen molar-refractivity contribution in [2.24, 2.45) is 11.1 Å². The number of benzene rings is 1. The average molecular weight is 391 g/mol. The fourth-order valence-electron chi connectivity index (χ4n) is 2.57. The number of nitrogens with zero attached hydrogens (tertiary/aromatic N) is 1. The number of aromatic carboxylic acids is 1. The number of carboxylic acid groups (broad SMARTS) is 1. The van der Waals surface area contributed by atoms with E-state index in [0.29, 0.717) is 10.2 Å². The van der Waals surface area contributed by atoms with Gasteiger partial charge in [-0.25, -0.2) is 18.4 Å². The molecule has 0 aromatic heterocycles. The first kappa shape index (κ1) is 16.9. The number of nitrogens with two attached hydrogens (primary N) is 1. The molecule has 1 saturated heterocycles. The van der Waals surface area contributed by atoms with Gasteiger partial charge in [0.1, 0.15) is 0 Å². The number of halogens is 1. The van der Waals surface area contributed by atoms with Crippen LogP contribution in [0.3, 0.4) is 0 Å². The van der Waals surface area contributed by atoms with Crippen LogP contribution in [0.15, 0.2) is 16.6 Å². The zero-order valence-corrected chi connectivity index (χ0v) is 14.1. The molecule has 1 aromatic carbocycles. The molecular formula is C13H15BrN2O5S. The lowest BCUT2D eigenvalue weighted by atomic mass is 10.1. The Morgan fingerprint density at radius 3 is 2.68 bits per heavy atom. The van der Waals surface area contributed by atoms with Crippen LogP contribution in [0, 0.1) is 12.8 Å². The first-order valence-corrected chi connectivity index (χ1v) is 8.93. The smallest absolute Gasteiger partial charge is 0.336 e. The van der Waals surface area contributed by atoms with Gasteiger partial charge in [0.25, 0.3) is 0 Å². The summed E-state index contributed by atoms with van der Waals surface area (Å²) in [5.74, 6) is -2.01. The molecule has 0 aliphatic carbocycles. The van der Waals surface area contributed by atoms with Crippen LogP contribution in [-0.4, -0.2) is 37.7 Å². The number of primary sulfonamides is 1. The van der Waals surface area contributed by atoms with E-state index in [0.717, 1.165) is 5.56 Å². The van der Waals surface area contributed by atoms with Crippen LogP contribution >= 0.6 is 15.9 Å². The molecule has 7 nitrogen and oxygen atoms in total. The van der Waals surface area contributed by atoms with Gasteiger partial charge in [-0.1, -0.05) is 0 Å². The van der Waals surface area contributed by atoms with Crippen molar-refractivity contribution in [3.63, 3.8) is 0 Å². The minimum absolute atomic E-state index is 0.0447. The number of sulfonamides is 1. The maximum atomic E-state index is 12.1. The second-order valence-electron chi connectivity index (χ2n) is 5.33. The summed E-state index contributed by atoms with van der Waals surface area (Å²) in [6, 6.07) is 3.04. The SMILES string of the molecule is Cc1cc(Br)c(C(=O)O)cc1N1CC(CS(N)(=O)=O)CC1=O. The highest BCUT2D eigenvalue weighted by atomic mass is 79.9. The van der Waals surface area contributed by atoms with Gasteiger partial charge in [0, 0.05) is 29.0 Å². The summed E-state index contributed by atoms with van der Waals surface area (Å²) >= 11 is 3.18. The lowest BCUT2D eigenvalue weighted by Crippen LogP contribution is -2.28. The number of amides is 1. The molecular weight excluding hydrogens is 376 g/mol. The number of carbonyl (C=O) groups is 2. The fourth-order valence-corrected chi connectivity index (χ4v) is 4.08. The van der Waals surface area contributed by atoms with E-state index in [1.165, 1.54) is 11.0 Å². The lowest BCUT2D eigenvalue weighted by molar-refractivity contribution is -0.117. The average Bonchev–Trinajstić information content (AvgIpc) is 2.67. The first-order valence-electron chi connectivity index (χ1n) is 6.42. The van der Waals surface area contributed by atoms with E-state index in [4.69, 9.17) is 10.2 Å². The second-order valence-corrected chi connectivity index (χ2v) is 7.84. The molecule has 1 fully saturated rings. The molecule has 1 aromatic rings. The number of carboxylic acids is 1. The van der Waals surface area contributed by atoms with Crippen molar-refractivity contribution in [1.29, 1.82) is 0 Å². The van der Waals surface area contributed by atoms with Gasteiger partial charge in [-0.2, -0.15) is 0 Å². The van der Waals surface area contributed by atoms with Crippen LogP contribution < -0.4 is 10.0 Å². The van der Waals surface area contributed by atoms with E-state index in [9.17, 15) is 18.0 Å². The largest absolute Gasteiger partial charge is 0.478 e. The Morgan fingerprint density at radius 1 is 1.50 bits per heavy atom. The number of carbonyl (C=O) groups excluding carboxylic acids is 1. The van der Waals surface area contributed by atoms with Gasteiger partial charge < -0.3 is 10.0 Å². The van der Waals surface area contributed by atoms with Gasteiger partial charge >= 0.3 is 5.97 Å². The van der Waals surface area contributed by atoms with Gasteiger partial charge in [0.15, 0.2) is 0 Å². The number of anilines is 1. The minimum Gasteiger partial charge on any atom is -0.478 e. The van der Waals surface area contributed by atoms with Crippen LogP contribution in [0.25, 0.3) is 0 Å². The molecule has 3 N–H and O–H groups in total. The molecule has 1 amide bonds. The van der Waals surface area contributed by atoms with Gasteiger partial charge in [0.2, 0.25) is 15.9 Å². The molecule has 0 bridgehead atoms. The molecule has 22 heavy (non-hydrogen) atoms. The quantitative estimate of drug-likeness (QED) is 0.797. The van der Waals surface area contributed by atoms with E-state index < -0.39 is 16.0 Å². The summed E-state index contributed by atoms with van der Waals surface area (Å²) in [6.45, 7) is 1.96. The molecule has 0 radical (unpaired) electrons. The Bertz CT molecular complexity index is 747. The number of hydrogen-bond donors (Lipinski definition) is 2. The molecule has 0 saturated carbocycles. The molecule has 0 spiro atoms. The Balaban J connectivity index is 2.34. The number of hydrogen-bond acceptors (Lipinski definition) is 4. The third-order valence-corrected chi connectivity index (χ3v) is 5.07. The monoisotopic (exact) mass is 390 g/mol. The number of rotatable bonds is 4. The zero-order valence-electron chi connectivity index (χ0n) is 11.7. The van der Waals surface area contributed by atoms with E-state index in [-0.39, 0.29) is 36.1 Å². The maximum absolute atomic E-state index is 12.1. The molecule has 1 aliphatic rings. The summed E-state index contributed by atoms with van der Waals surface area (Å²) in [4.78, 5) is 24.7. The standard InChI is InChI=1S/C13H15BrN2O5S/c1-7-2-10(14)9(13(18)19)4-11(7)16-5-8(3-12(16)17)6-22(15,20)21/h2,4,8H,3,5-6H2,1H3,(H,18,19)(H2,15,20,21). The van der Waals surface area contributed by atoms with Crippen molar-refractivity contribution in [3.8, 4) is 0 Å². The Morgan fingerprint density at radius 2 is 2.14 bits per heavy atom. The highest BCUT2D eigenvalue weighted by molar-refractivity contribution is 9.10. The van der Waals surface area contributed by atoms with Crippen molar-refractivity contribution in [2.45, 2.75) is 13.3 Å². The summed E-state index contributed by atoms with van der Waals surface area (Å²) in [7, 11) is -3.66. The summed E-state index contributed by atoms with van der Waals surface area (Å²) in [6.07, 6.45) is 0.0777. The summed E-state index contributed by atoms with van der Waals surface area (Å²) in [5, 5.41) is 14.2. The lowest BCUT2D eigenvalue weighted by Gasteiger charge is -2.20. The van der Waals surface area contributed by atoms with E-state index in [1.54, 1.807) is 13.0 Å². The highest BCUT2D eigenvalue weighted by Crippen LogP contribution is 2.32. The Kier molecular flexibility index (Phi) is 4.59. The molecule has 2 rings (SSSR count). The van der Waals surface area contributed by atoms with Crippen LogP contribution in [0.5, 0.6) is 0 Å².